The van der Waals surface area contributed by atoms with E-state index in [4.69, 9.17) is 0 Å². The lowest BCUT2D eigenvalue weighted by molar-refractivity contribution is 0.409. The predicted molar refractivity (Wildman–Crippen MR) is 59.4 cm³/mol. The molecule has 1 aromatic heterocycles. The number of pyridine rings is 1. The quantitative estimate of drug-likeness (QED) is 0.453. The molecule has 2 aromatic rings. The second-order valence-corrected chi connectivity index (χ2v) is 3.66. The van der Waals surface area contributed by atoms with Crippen LogP contribution in [0.1, 0.15) is 5.56 Å². The zero-order chi connectivity index (χ0) is 14.0. The van der Waals surface area contributed by atoms with Gasteiger partial charge in [0.2, 0.25) is 11.6 Å². The summed E-state index contributed by atoms with van der Waals surface area (Å²) in [6.07, 6.45) is 0. The van der Waals surface area contributed by atoms with Gasteiger partial charge in [-0.1, -0.05) is 18.2 Å². The highest BCUT2D eigenvalue weighted by atomic mass is 19.2. The fraction of sp³-hybridized carbons (Fsp3) is 0.0833. The monoisotopic (exact) mass is 269 g/mol. The van der Waals surface area contributed by atoms with Crippen LogP contribution in [-0.2, 0) is 0 Å². The number of nitrogens with zero attached hydrogens (tertiary/aromatic N) is 3. The van der Waals surface area contributed by atoms with Crippen LogP contribution in [0.2, 0.25) is 0 Å². The van der Waals surface area contributed by atoms with Gasteiger partial charge in [0.25, 0.3) is 11.9 Å². The molecule has 3 nitrogen and oxygen atoms in total. The fourth-order valence-electron chi connectivity index (χ4n) is 1.34. The second-order valence-electron chi connectivity index (χ2n) is 3.66. The number of hydrogen-bond donors (Lipinski definition) is 0. The van der Waals surface area contributed by atoms with Crippen LogP contribution in [0.5, 0.6) is 0 Å². The SMILES string of the molecule is Cc1ccccc1N=Nc1c(F)c(F)nc(F)c1F. The summed E-state index contributed by atoms with van der Waals surface area (Å²) >= 11 is 0. The van der Waals surface area contributed by atoms with Crippen molar-refractivity contribution < 1.29 is 17.6 Å². The number of benzene rings is 1. The van der Waals surface area contributed by atoms with Gasteiger partial charge < -0.3 is 0 Å². The van der Waals surface area contributed by atoms with Gasteiger partial charge in [-0.25, -0.2) is 0 Å². The first-order chi connectivity index (χ1) is 9.00. The smallest absolute Gasteiger partial charge is 0.199 e. The molecule has 98 valence electrons. The molecule has 0 aliphatic heterocycles. The van der Waals surface area contributed by atoms with E-state index in [-0.39, 0.29) is 0 Å². The van der Waals surface area contributed by atoms with Gasteiger partial charge in [0.1, 0.15) is 0 Å². The second kappa shape index (κ2) is 5.13. The number of azo groups is 1. The van der Waals surface area contributed by atoms with Gasteiger partial charge in [0, 0.05) is 0 Å². The number of aromatic nitrogens is 1. The zero-order valence-electron chi connectivity index (χ0n) is 9.66. The molecule has 7 heteroatoms. The molecule has 2 rings (SSSR count). The lowest BCUT2D eigenvalue weighted by Crippen LogP contribution is -1.98. The van der Waals surface area contributed by atoms with E-state index in [0.29, 0.717) is 11.3 Å². The molecule has 0 unspecified atom stereocenters. The van der Waals surface area contributed by atoms with Crippen LogP contribution in [0.25, 0.3) is 0 Å². The van der Waals surface area contributed by atoms with E-state index in [9.17, 15) is 17.6 Å². The third-order valence-electron chi connectivity index (χ3n) is 2.35. The van der Waals surface area contributed by atoms with Gasteiger partial charge in [-0.3, -0.25) is 0 Å². The molecule has 0 amide bonds. The first-order valence-corrected chi connectivity index (χ1v) is 5.18. The summed E-state index contributed by atoms with van der Waals surface area (Å²) in [6.45, 7) is 1.70. The summed E-state index contributed by atoms with van der Waals surface area (Å²) < 4.78 is 52.2. The Morgan fingerprint density at radius 2 is 1.47 bits per heavy atom. The highest BCUT2D eigenvalue weighted by Gasteiger charge is 2.20. The van der Waals surface area contributed by atoms with Crippen LogP contribution in [-0.4, -0.2) is 4.98 Å². The zero-order valence-corrected chi connectivity index (χ0v) is 9.66. The van der Waals surface area contributed by atoms with E-state index in [1.807, 2.05) is 0 Å². The average molecular weight is 269 g/mol. The van der Waals surface area contributed by atoms with Crippen molar-refractivity contribution in [2.45, 2.75) is 6.92 Å². The van der Waals surface area contributed by atoms with Crippen molar-refractivity contribution in [2.75, 3.05) is 0 Å². The first-order valence-electron chi connectivity index (χ1n) is 5.18. The molecule has 0 radical (unpaired) electrons. The van der Waals surface area contributed by atoms with Gasteiger partial charge in [-0.15, -0.1) is 5.11 Å². The lowest BCUT2D eigenvalue weighted by atomic mass is 10.2. The van der Waals surface area contributed by atoms with Crippen LogP contribution in [0, 0.1) is 30.5 Å². The van der Waals surface area contributed by atoms with E-state index in [0.717, 1.165) is 0 Å². The van der Waals surface area contributed by atoms with Crippen molar-refractivity contribution in [3.05, 3.63) is 53.4 Å². The summed E-state index contributed by atoms with van der Waals surface area (Å²) in [5, 5.41) is 6.78. The minimum absolute atomic E-state index is 0.332. The molecule has 0 bridgehead atoms. The number of halogens is 4. The molecule has 1 aromatic carbocycles. The Hall–Kier alpha value is -2.31. The Balaban J connectivity index is 2.47. The van der Waals surface area contributed by atoms with Gasteiger partial charge >= 0.3 is 0 Å². The van der Waals surface area contributed by atoms with E-state index >= 15 is 0 Å². The molecule has 0 spiro atoms. The maximum atomic E-state index is 13.2. The van der Waals surface area contributed by atoms with Crippen LogP contribution < -0.4 is 0 Å². The van der Waals surface area contributed by atoms with E-state index in [1.54, 1.807) is 31.2 Å². The molecular weight excluding hydrogens is 262 g/mol. The maximum absolute atomic E-state index is 13.2. The third-order valence-corrected chi connectivity index (χ3v) is 2.35. The molecule has 0 atom stereocenters. The van der Waals surface area contributed by atoms with E-state index in [1.165, 1.54) is 0 Å². The van der Waals surface area contributed by atoms with Crippen LogP contribution >= 0.6 is 0 Å². The minimum atomic E-state index is -1.77. The van der Waals surface area contributed by atoms with Crippen LogP contribution in [0.15, 0.2) is 34.5 Å². The normalized spacial score (nSPS) is 11.2. The molecular formula is C12H7F4N3. The van der Waals surface area contributed by atoms with Crippen molar-refractivity contribution >= 4 is 11.4 Å². The van der Waals surface area contributed by atoms with Crippen LogP contribution in [0.4, 0.5) is 28.9 Å². The molecule has 0 aliphatic rings. The van der Waals surface area contributed by atoms with Gasteiger partial charge in [-0.05, 0) is 18.6 Å². The third kappa shape index (κ3) is 2.59. The Bertz CT molecular complexity index is 629. The Kier molecular flexibility index (Phi) is 3.55. The molecule has 0 saturated heterocycles. The maximum Gasteiger partial charge on any atom is 0.254 e. The van der Waals surface area contributed by atoms with Crippen molar-refractivity contribution in [1.29, 1.82) is 0 Å². The number of hydrogen-bond acceptors (Lipinski definition) is 3. The highest BCUT2D eigenvalue weighted by molar-refractivity contribution is 5.45. The molecule has 0 N–H and O–H groups in total. The van der Waals surface area contributed by atoms with Gasteiger partial charge in [-0.2, -0.15) is 27.7 Å². The molecule has 0 fully saturated rings. The molecule has 1 heterocycles. The molecule has 19 heavy (non-hydrogen) atoms. The summed E-state index contributed by atoms with van der Waals surface area (Å²) in [4.78, 5) is 2.42. The van der Waals surface area contributed by atoms with Crippen molar-refractivity contribution in [2.24, 2.45) is 10.2 Å². The Labute approximate surface area is 105 Å². The summed E-state index contributed by atoms with van der Waals surface area (Å²) in [5.74, 6) is -6.90. The summed E-state index contributed by atoms with van der Waals surface area (Å²) in [6, 6.07) is 6.63. The number of rotatable bonds is 2. The van der Waals surface area contributed by atoms with Crippen molar-refractivity contribution in [3.8, 4) is 0 Å². The van der Waals surface area contributed by atoms with Gasteiger partial charge in [0.15, 0.2) is 5.69 Å². The Morgan fingerprint density at radius 3 is 2.05 bits per heavy atom. The van der Waals surface area contributed by atoms with Crippen molar-refractivity contribution in [1.82, 2.24) is 4.98 Å². The van der Waals surface area contributed by atoms with Crippen LogP contribution in [0.3, 0.4) is 0 Å². The fourth-order valence-corrected chi connectivity index (χ4v) is 1.34. The van der Waals surface area contributed by atoms with E-state index < -0.39 is 29.2 Å². The predicted octanol–water partition coefficient (Wildman–Crippen LogP) is 4.36. The summed E-state index contributed by atoms with van der Waals surface area (Å²) in [5.41, 5.74) is -0.116. The first kappa shape index (κ1) is 13.1. The van der Waals surface area contributed by atoms with Crippen molar-refractivity contribution in [3.63, 3.8) is 0 Å². The topological polar surface area (TPSA) is 37.6 Å². The Morgan fingerprint density at radius 1 is 0.895 bits per heavy atom. The number of aryl methyl sites for hydroxylation is 1. The minimum Gasteiger partial charge on any atom is -0.199 e. The largest absolute Gasteiger partial charge is 0.254 e. The summed E-state index contributed by atoms with van der Waals surface area (Å²) in [7, 11) is 0. The molecule has 0 saturated carbocycles. The standard InChI is InChI=1S/C12H7F4N3/c1-6-4-2-3-5-7(6)18-19-10-8(13)11(15)17-12(16)9(10)14/h2-5H,1H3. The highest BCUT2D eigenvalue weighted by Crippen LogP contribution is 2.27. The average Bonchev–Trinajstić information content (AvgIpc) is 2.38. The lowest BCUT2D eigenvalue weighted by Gasteiger charge is -2.01. The molecule has 0 aliphatic carbocycles. The van der Waals surface area contributed by atoms with Gasteiger partial charge in [0.05, 0.1) is 5.69 Å². The van der Waals surface area contributed by atoms with E-state index in [2.05, 4.69) is 15.2 Å².